The van der Waals surface area contributed by atoms with Crippen molar-refractivity contribution in [2.24, 2.45) is 5.92 Å². The van der Waals surface area contributed by atoms with Gasteiger partial charge >= 0.3 is 0 Å². The molecule has 1 unspecified atom stereocenters. The monoisotopic (exact) mass is 227 g/mol. The summed E-state index contributed by atoms with van der Waals surface area (Å²) >= 11 is 0. The SMILES string of the molecule is CCC(C)CN1CCN(C)CCN(C)CC1. The summed E-state index contributed by atoms with van der Waals surface area (Å²) in [6.07, 6.45) is 1.29. The molecule has 1 heterocycles. The summed E-state index contributed by atoms with van der Waals surface area (Å²) in [7, 11) is 4.47. The van der Waals surface area contributed by atoms with Crippen molar-refractivity contribution >= 4 is 0 Å². The van der Waals surface area contributed by atoms with Crippen molar-refractivity contribution in [3.8, 4) is 0 Å². The Morgan fingerprint density at radius 3 is 1.75 bits per heavy atom. The summed E-state index contributed by atoms with van der Waals surface area (Å²) in [5.41, 5.74) is 0. The molecule has 3 heteroatoms. The maximum absolute atomic E-state index is 2.63. The molecule has 0 aromatic rings. The first-order chi connectivity index (χ1) is 7.61. The van der Waals surface area contributed by atoms with E-state index >= 15 is 0 Å². The molecule has 1 rings (SSSR count). The molecule has 0 spiro atoms. The fraction of sp³-hybridized carbons (Fsp3) is 1.00. The van der Waals surface area contributed by atoms with Crippen LogP contribution in [0, 0.1) is 5.92 Å². The minimum Gasteiger partial charge on any atom is -0.304 e. The summed E-state index contributed by atoms with van der Waals surface area (Å²) in [6.45, 7) is 13.2. The van der Waals surface area contributed by atoms with Gasteiger partial charge in [-0.05, 0) is 20.0 Å². The van der Waals surface area contributed by atoms with Gasteiger partial charge < -0.3 is 14.7 Å². The maximum Gasteiger partial charge on any atom is 0.0110 e. The fourth-order valence-electron chi connectivity index (χ4n) is 2.05. The minimum absolute atomic E-state index is 0.830. The molecule has 1 fully saturated rings. The lowest BCUT2D eigenvalue weighted by atomic mass is 10.1. The van der Waals surface area contributed by atoms with Crippen LogP contribution in [0.2, 0.25) is 0 Å². The molecule has 0 saturated carbocycles. The van der Waals surface area contributed by atoms with Gasteiger partial charge in [-0.3, -0.25) is 0 Å². The predicted molar refractivity (Wildman–Crippen MR) is 70.9 cm³/mol. The van der Waals surface area contributed by atoms with Gasteiger partial charge in [0.25, 0.3) is 0 Å². The molecule has 0 N–H and O–H groups in total. The van der Waals surface area contributed by atoms with E-state index in [4.69, 9.17) is 0 Å². The number of rotatable bonds is 3. The molecule has 1 aliphatic rings. The summed E-state index contributed by atoms with van der Waals surface area (Å²) in [5, 5.41) is 0. The Labute approximate surface area is 101 Å². The van der Waals surface area contributed by atoms with Gasteiger partial charge in [-0.1, -0.05) is 20.3 Å². The summed E-state index contributed by atoms with van der Waals surface area (Å²) < 4.78 is 0. The van der Waals surface area contributed by atoms with Gasteiger partial charge in [0.2, 0.25) is 0 Å². The third kappa shape index (κ3) is 5.28. The van der Waals surface area contributed by atoms with E-state index in [1.165, 1.54) is 52.2 Å². The number of hydrogen-bond acceptors (Lipinski definition) is 3. The zero-order valence-corrected chi connectivity index (χ0v) is 11.6. The van der Waals surface area contributed by atoms with Crippen molar-refractivity contribution in [1.82, 2.24) is 14.7 Å². The Balaban J connectivity index is 2.42. The molecule has 0 bridgehead atoms. The smallest absolute Gasteiger partial charge is 0.0110 e. The fourth-order valence-corrected chi connectivity index (χ4v) is 2.05. The quantitative estimate of drug-likeness (QED) is 0.717. The lowest BCUT2D eigenvalue weighted by Crippen LogP contribution is -2.37. The van der Waals surface area contributed by atoms with Crippen molar-refractivity contribution in [3.63, 3.8) is 0 Å². The molecule has 0 aromatic heterocycles. The maximum atomic E-state index is 2.63. The van der Waals surface area contributed by atoms with Crippen LogP contribution in [0.5, 0.6) is 0 Å². The highest BCUT2D eigenvalue weighted by atomic mass is 15.2. The molecule has 0 radical (unpaired) electrons. The van der Waals surface area contributed by atoms with Crippen LogP contribution in [-0.2, 0) is 0 Å². The van der Waals surface area contributed by atoms with Gasteiger partial charge in [-0.15, -0.1) is 0 Å². The van der Waals surface area contributed by atoms with E-state index < -0.39 is 0 Å². The highest BCUT2D eigenvalue weighted by Gasteiger charge is 2.13. The van der Waals surface area contributed by atoms with Gasteiger partial charge in [0.1, 0.15) is 0 Å². The highest BCUT2D eigenvalue weighted by Crippen LogP contribution is 2.05. The molecule has 96 valence electrons. The van der Waals surface area contributed by atoms with E-state index in [1.807, 2.05) is 0 Å². The van der Waals surface area contributed by atoms with E-state index in [0.29, 0.717) is 0 Å². The Morgan fingerprint density at radius 1 is 0.875 bits per heavy atom. The van der Waals surface area contributed by atoms with E-state index in [9.17, 15) is 0 Å². The lowest BCUT2D eigenvalue weighted by molar-refractivity contribution is 0.207. The van der Waals surface area contributed by atoms with Gasteiger partial charge in [-0.2, -0.15) is 0 Å². The van der Waals surface area contributed by atoms with Gasteiger partial charge in [0, 0.05) is 45.8 Å². The number of hydrogen-bond donors (Lipinski definition) is 0. The van der Waals surface area contributed by atoms with E-state index in [-0.39, 0.29) is 0 Å². The Kier molecular flexibility index (Phi) is 6.32. The van der Waals surface area contributed by atoms with Crippen molar-refractivity contribution in [2.75, 3.05) is 59.9 Å². The van der Waals surface area contributed by atoms with Crippen molar-refractivity contribution in [2.45, 2.75) is 20.3 Å². The largest absolute Gasteiger partial charge is 0.304 e. The van der Waals surface area contributed by atoms with Crippen LogP contribution in [0.1, 0.15) is 20.3 Å². The Hall–Kier alpha value is -0.120. The molecule has 0 aliphatic carbocycles. The lowest BCUT2D eigenvalue weighted by Gasteiger charge is -2.26. The average molecular weight is 227 g/mol. The van der Waals surface area contributed by atoms with Crippen LogP contribution in [-0.4, -0.2) is 74.6 Å². The molecular formula is C13H29N3. The van der Waals surface area contributed by atoms with E-state index in [2.05, 4.69) is 42.6 Å². The van der Waals surface area contributed by atoms with Crippen LogP contribution >= 0.6 is 0 Å². The second-order valence-corrected chi connectivity index (χ2v) is 5.42. The Bertz CT molecular complexity index is 170. The topological polar surface area (TPSA) is 9.72 Å². The van der Waals surface area contributed by atoms with E-state index in [0.717, 1.165) is 5.92 Å². The summed E-state index contributed by atoms with van der Waals surface area (Å²) in [4.78, 5) is 7.53. The average Bonchev–Trinajstić information content (AvgIpc) is 2.35. The zero-order valence-electron chi connectivity index (χ0n) is 11.6. The van der Waals surface area contributed by atoms with Gasteiger partial charge in [0.15, 0.2) is 0 Å². The summed E-state index contributed by atoms with van der Waals surface area (Å²) in [6, 6.07) is 0. The first-order valence-electron chi connectivity index (χ1n) is 6.71. The second-order valence-electron chi connectivity index (χ2n) is 5.42. The molecule has 1 saturated heterocycles. The molecule has 1 aliphatic heterocycles. The van der Waals surface area contributed by atoms with Gasteiger partial charge in [-0.25, -0.2) is 0 Å². The molecule has 0 aromatic carbocycles. The van der Waals surface area contributed by atoms with E-state index in [1.54, 1.807) is 0 Å². The first-order valence-corrected chi connectivity index (χ1v) is 6.71. The molecule has 16 heavy (non-hydrogen) atoms. The van der Waals surface area contributed by atoms with Crippen LogP contribution in [0.3, 0.4) is 0 Å². The third-order valence-electron chi connectivity index (χ3n) is 3.73. The molecule has 1 atom stereocenters. The molecule has 0 amide bonds. The number of nitrogens with zero attached hydrogens (tertiary/aromatic N) is 3. The van der Waals surface area contributed by atoms with Crippen LogP contribution in [0.15, 0.2) is 0 Å². The first kappa shape index (κ1) is 13.9. The molecular weight excluding hydrogens is 198 g/mol. The highest BCUT2D eigenvalue weighted by molar-refractivity contribution is 4.69. The van der Waals surface area contributed by atoms with Crippen LogP contribution < -0.4 is 0 Å². The summed E-state index contributed by atoms with van der Waals surface area (Å²) in [5.74, 6) is 0.830. The van der Waals surface area contributed by atoms with Crippen molar-refractivity contribution < 1.29 is 0 Å². The standard InChI is InChI=1S/C13H29N3/c1-5-13(2)12-16-10-8-14(3)6-7-15(4)9-11-16/h13H,5-12H2,1-4H3. The normalized spacial score (nSPS) is 24.8. The molecule has 3 nitrogen and oxygen atoms in total. The van der Waals surface area contributed by atoms with Crippen LogP contribution in [0.4, 0.5) is 0 Å². The predicted octanol–water partition coefficient (Wildman–Crippen LogP) is 1.21. The van der Waals surface area contributed by atoms with Gasteiger partial charge in [0.05, 0.1) is 0 Å². The Morgan fingerprint density at radius 2 is 1.31 bits per heavy atom. The van der Waals surface area contributed by atoms with Crippen molar-refractivity contribution in [3.05, 3.63) is 0 Å². The van der Waals surface area contributed by atoms with Crippen molar-refractivity contribution in [1.29, 1.82) is 0 Å². The number of likely N-dealkylation sites (N-methyl/N-ethyl adjacent to an activating group) is 2. The van der Waals surface area contributed by atoms with Crippen LogP contribution in [0.25, 0.3) is 0 Å². The second kappa shape index (κ2) is 7.25. The minimum atomic E-state index is 0.830. The third-order valence-corrected chi connectivity index (χ3v) is 3.73. The zero-order chi connectivity index (χ0) is 12.0.